The molecule has 0 heterocycles. The Morgan fingerprint density at radius 1 is 1.26 bits per heavy atom. The molecule has 0 aliphatic carbocycles. The number of hydrogen-bond donors (Lipinski definition) is 3. The summed E-state index contributed by atoms with van der Waals surface area (Å²) in [6, 6.07) is 4.49. The smallest absolute Gasteiger partial charge is 0.242 e. The highest BCUT2D eigenvalue weighted by Gasteiger charge is 2.14. The predicted molar refractivity (Wildman–Crippen MR) is 92.4 cm³/mol. The molecule has 1 atom stereocenters. The van der Waals surface area contributed by atoms with Crippen molar-refractivity contribution in [2.45, 2.75) is 26.8 Å². The summed E-state index contributed by atoms with van der Waals surface area (Å²) < 4.78 is 30.3. The van der Waals surface area contributed by atoms with Crippen molar-refractivity contribution in [2.24, 2.45) is 5.92 Å². The summed E-state index contributed by atoms with van der Waals surface area (Å²) >= 11 is 0. The van der Waals surface area contributed by atoms with Crippen molar-refractivity contribution in [3.05, 3.63) is 18.2 Å². The molecule has 1 aromatic carbocycles. The van der Waals surface area contributed by atoms with Crippen LogP contribution in [0.2, 0.25) is 0 Å². The molecule has 0 spiro atoms. The Bertz CT molecular complexity index is 644. The van der Waals surface area contributed by atoms with E-state index in [4.69, 9.17) is 4.74 Å². The lowest BCUT2D eigenvalue weighted by molar-refractivity contribution is -0.121. The lowest BCUT2D eigenvalue weighted by Gasteiger charge is -2.18. The fourth-order valence-electron chi connectivity index (χ4n) is 1.85. The van der Waals surface area contributed by atoms with E-state index in [-0.39, 0.29) is 5.91 Å². The molecule has 23 heavy (non-hydrogen) atoms. The molecule has 0 radical (unpaired) electrons. The van der Waals surface area contributed by atoms with Gasteiger partial charge < -0.3 is 15.4 Å². The van der Waals surface area contributed by atoms with Crippen molar-refractivity contribution in [1.29, 1.82) is 0 Å². The molecule has 0 fully saturated rings. The van der Waals surface area contributed by atoms with E-state index in [2.05, 4.69) is 15.4 Å². The summed E-state index contributed by atoms with van der Waals surface area (Å²) in [6.07, 6.45) is 1.06. The lowest BCUT2D eigenvalue weighted by atomic mass is 10.2. The van der Waals surface area contributed by atoms with Crippen LogP contribution in [0, 0.1) is 5.92 Å². The molecule has 3 N–H and O–H groups in total. The van der Waals surface area contributed by atoms with Crippen LogP contribution < -0.4 is 20.1 Å². The second kappa shape index (κ2) is 8.05. The van der Waals surface area contributed by atoms with E-state index in [1.807, 2.05) is 13.8 Å². The lowest BCUT2D eigenvalue weighted by Crippen LogP contribution is -2.39. The van der Waals surface area contributed by atoms with Gasteiger partial charge in [0.15, 0.2) is 0 Å². The SMILES string of the molecule is COc1ccc(N[C@@H](C)C(=O)NCC(C)C)cc1NS(C)(=O)=O. The largest absolute Gasteiger partial charge is 0.495 e. The summed E-state index contributed by atoms with van der Waals surface area (Å²) in [5.41, 5.74) is 0.930. The normalized spacial score (nSPS) is 12.6. The van der Waals surface area contributed by atoms with Crippen LogP contribution in [-0.4, -0.2) is 40.3 Å². The molecule has 0 aliphatic rings. The zero-order valence-electron chi connectivity index (χ0n) is 14.1. The fourth-order valence-corrected chi connectivity index (χ4v) is 2.41. The van der Waals surface area contributed by atoms with E-state index in [1.165, 1.54) is 7.11 Å². The molecular formula is C15H25N3O4S. The van der Waals surface area contributed by atoms with Gasteiger partial charge in [-0.15, -0.1) is 0 Å². The van der Waals surface area contributed by atoms with Gasteiger partial charge in [-0.05, 0) is 31.0 Å². The standard InChI is InChI=1S/C15H25N3O4S/c1-10(2)9-16-15(19)11(3)17-12-6-7-14(22-4)13(8-12)18-23(5,20)21/h6-8,10-11,17-18H,9H2,1-5H3,(H,16,19)/t11-/m0/s1. The van der Waals surface area contributed by atoms with Crippen LogP contribution in [-0.2, 0) is 14.8 Å². The van der Waals surface area contributed by atoms with Crippen LogP contribution >= 0.6 is 0 Å². The van der Waals surface area contributed by atoms with Gasteiger partial charge in [0.05, 0.1) is 19.1 Å². The van der Waals surface area contributed by atoms with Gasteiger partial charge in [0.25, 0.3) is 0 Å². The molecule has 1 aromatic rings. The summed E-state index contributed by atoms with van der Waals surface area (Å²) in [6.45, 7) is 6.38. The summed E-state index contributed by atoms with van der Waals surface area (Å²) in [7, 11) is -1.97. The second-order valence-corrected chi connectivity index (χ2v) is 7.54. The van der Waals surface area contributed by atoms with E-state index in [0.717, 1.165) is 6.26 Å². The molecule has 0 aromatic heterocycles. The van der Waals surface area contributed by atoms with Gasteiger partial charge in [0.1, 0.15) is 11.8 Å². The number of carbonyl (C=O) groups excluding carboxylic acids is 1. The Balaban J connectivity index is 2.84. The summed E-state index contributed by atoms with van der Waals surface area (Å²) in [5.74, 6) is 0.655. The summed E-state index contributed by atoms with van der Waals surface area (Å²) in [5, 5.41) is 5.88. The molecule has 1 amide bonds. The molecule has 0 aliphatic heterocycles. The van der Waals surface area contributed by atoms with E-state index in [1.54, 1.807) is 25.1 Å². The first-order chi connectivity index (χ1) is 10.6. The maximum absolute atomic E-state index is 12.0. The maximum Gasteiger partial charge on any atom is 0.242 e. The van der Waals surface area contributed by atoms with Crippen molar-refractivity contribution in [3.8, 4) is 5.75 Å². The average Bonchev–Trinajstić information content (AvgIpc) is 2.43. The van der Waals surface area contributed by atoms with Crippen LogP contribution in [0.15, 0.2) is 18.2 Å². The number of nitrogens with one attached hydrogen (secondary N) is 3. The molecule has 7 nitrogen and oxygen atoms in total. The molecule has 1 rings (SSSR count). The first-order valence-electron chi connectivity index (χ1n) is 7.32. The first kappa shape index (κ1) is 19.1. The highest BCUT2D eigenvalue weighted by Crippen LogP contribution is 2.28. The fraction of sp³-hybridized carbons (Fsp3) is 0.533. The Kier molecular flexibility index (Phi) is 6.68. The van der Waals surface area contributed by atoms with E-state index >= 15 is 0 Å². The molecule has 0 unspecified atom stereocenters. The molecule has 0 bridgehead atoms. The van der Waals surface area contributed by atoms with Crippen LogP contribution in [0.1, 0.15) is 20.8 Å². The third-order valence-corrected chi connectivity index (χ3v) is 3.55. The Morgan fingerprint density at radius 3 is 2.43 bits per heavy atom. The monoisotopic (exact) mass is 343 g/mol. The number of carbonyl (C=O) groups is 1. The third-order valence-electron chi connectivity index (χ3n) is 2.96. The van der Waals surface area contributed by atoms with E-state index in [9.17, 15) is 13.2 Å². The number of hydrogen-bond acceptors (Lipinski definition) is 5. The minimum atomic E-state index is -3.43. The van der Waals surface area contributed by atoms with Gasteiger partial charge in [-0.2, -0.15) is 0 Å². The second-order valence-electron chi connectivity index (χ2n) is 5.79. The van der Waals surface area contributed by atoms with Gasteiger partial charge in [-0.1, -0.05) is 13.8 Å². The topological polar surface area (TPSA) is 96.5 Å². The quantitative estimate of drug-likeness (QED) is 0.667. The Hall–Kier alpha value is -1.96. The van der Waals surface area contributed by atoms with Crippen LogP contribution in [0.3, 0.4) is 0 Å². The van der Waals surface area contributed by atoms with Gasteiger partial charge in [0.2, 0.25) is 15.9 Å². The third kappa shape index (κ3) is 6.77. The Morgan fingerprint density at radius 2 is 1.91 bits per heavy atom. The van der Waals surface area contributed by atoms with Crippen molar-refractivity contribution < 1.29 is 17.9 Å². The van der Waals surface area contributed by atoms with Crippen molar-refractivity contribution in [2.75, 3.05) is 29.9 Å². The van der Waals surface area contributed by atoms with Gasteiger partial charge >= 0.3 is 0 Å². The van der Waals surface area contributed by atoms with Crippen molar-refractivity contribution in [1.82, 2.24) is 5.32 Å². The maximum atomic E-state index is 12.0. The minimum absolute atomic E-state index is 0.118. The Labute approximate surface area is 137 Å². The number of benzene rings is 1. The number of anilines is 2. The molecular weight excluding hydrogens is 318 g/mol. The first-order valence-corrected chi connectivity index (χ1v) is 9.21. The molecule has 0 saturated heterocycles. The van der Waals surface area contributed by atoms with E-state index in [0.29, 0.717) is 29.6 Å². The number of ether oxygens (including phenoxy) is 1. The number of sulfonamides is 1. The minimum Gasteiger partial charge on any atom is -0.495 e. The van der Waals surface area contributed by atoms with Gasteiger partial charge in [-0.25, -0.2) is 8.42 Å². The number of methoxy groups -OCH3 is 1. The van der Waals surface area contributed by atoms with Gasteiger partial charge in [-0.3, -0.25) is 9.52 Å². The van der Waals surface area contributed by atoms with Crippen LogP contribution in [0.4, 0.5) is 11.4 Å². The zero-order valence-corrected chi connectivity index (χ0v) is 15.0. The number of amides is 1. The van der Waals surface area contributed by atoms with Gasteiger partial charge in [0, 0.05) is 12.2 Å². The van der Waals surface area contributed by atoms with E-state index < -0.39 is 16.1 Å². The predicted octanol–water partition coefficient (Wildman–Crippen LogP) is 1.64. The van der Waals surface area contributed by atoms with Crippen molar-refractivity contribution in [3.63, 3.8) is 0 Å². The highest BCUT2D eigenvalue weighted by atomic mass is 32.2. The van der Waals surface area contributed by atoms with Crippen LogP contribution in [0.5, 0.6) is 5.75 Å². The molecule has 130 valence electrons. The van der Waals surface area contributed by atoms with Crippen molar-refractivity contribution >= 4 is 27.3 Å². The zero-order chi connectivity index (χ0) is 17.6. The molecule has 8 heteroatoms. The number of rotatable bonds is 8. The van der Waals surface area contributed by atoms with Crippen LogP contribution in [0.25, 0.3) is 0 Å². The highest BCUT2D eigenvalue weighted by molar-refractivity contribution is 7.92. The molecule has 0 saturated carbocycles. The summed E-state index contributed by atoms with van der Waals surface area (Å²) in [4.78, 5) is 12.0. The average molecular weight is 343 g/mol.